The lowest BCUT2D eigenvalue weighted by Gasteiger charge is -2.40. The molecule has 0 spiro atoms. The van der Waals surface area contributed by atoms with Crippen molar-refractivity contribution in [3.8, 4) is 0 Å². The van der Waals surface area contributed by atoms with Crippen molar-refractivity contribution >= 4 is 17.9 Å². The van der Waals surface area contributed by atoms with Gasteiger partial charge in [-0.1, -0.05) is 70.0 Å². The van der Waals surface area contributed by atoms with Gasteiger partial charge in [-0.3, -0.25) is 4.90 Å². The maximum atomic E-state index is 13.3. The number of aliphatic hydroxyl groups is 1. The fourth-order valence-electron chi connectivity index (χ4n) is 7.00. The first-order valence-corrected chi connectivity index (χ1v) is 12.6. The zero-order valence-corrected chi connectivity index (χ0v) is 19.2. The van der Waals surface area contributed by atoms with Crippen molar-refractivity contribution in [1.29, 1.82) is 0 Å². The molecule has 30 heavy (non-hydrogen) atoms. The van der Waals surface area contributed by atoms with Crippen molar-refractivity contribution in [2.75, 3.05) is 0 Å². The number of benzene rings is 1. The van der Waals surface area contributed by atoms with Crippen LogP contribution in [0.2, 0.25) is 0 Å². The average Bonchev–Trinajstić information content (AvgIpc) is 3.26. The number of fused-ring (bicyclic) bond motifs is 5. The Hall–Kier alpha value is -1.20. The number of rotatable bonds is 5. The molecule has 5 heteroatoms. The second kappa shape index (κ2) is 7.44. The van der Waals surface area contributed by atoms with E-state index in [1.54, 1.807) is 11.8 Å². The number of hydrogen-bond donors (Lipinski definition) is 1. The van der Waals surface area contributed by atoms with Crippen LogP contribution in [0.5, 0.6) is 0 Å². The van der Waals surface area contributed by atoms with Crippen molar-refractivity contribution in [3.63, 3.8) is 0 Å². The normalized spacial score (nSPS) is 37.1. The second-order valence-corrected chi connectivity index (χ2v) is 11.9. The number of thioether (sulfide) groups is 1. The minimum atomic E-state index is -0.531. The third-order valence-corrected chi connectivity index (χ3v) is 10.5. The molecule has 2 bridgehead atoms. The first-order valence-electron chi connectivity index (χ1n) is 11.7. The minimum Gasteiger partial charge on any atom is -0.443 e. The first-order chi connectivity index (χ1) is 14.3. The molecule has 6 atom stereocenters. The van der Waals surface area contributed by atoms with E-state index in [4.69, 9.17) is 4.74 Å². The molecule has 1 aromatic rings. The molecular weight excluding hydrogens is 394 g/mol. The van der Waals surface area contributed by atoms with Gasteiger partial charge in [0, 0.05) is 10.3 Å². The van der Waals surface area contributed by atoms with E-state index in [1.165, 1.54) is 19.3 Å². The van der Waals surface area contributed by atoms with Gasteiger partial charge in [0.2, 0.25) is 0 Å². The SMILES string of the molecule is CC1(C)[C@@H]2CC[C@@]1(C)[C@@H]1OC(=O)N([C@H](Sc3ccccc3)[C@@H](O)C3CCCCC3)[C@H]21. The highest BCUT2D eigenvalue weighted by Crippen LogP contribution is 2.69. The molecule has 3 saturated carbocycles. The van der Waals surface area contributed by atoms with Gasteiger partial charge in [0.15, 0.2) is 0 Å². The van der Waals surface area contributed by atoms with Crippen LogP contribution in [0.3, 0.4) is 0 Å². The molecule has 1 N–H and O–H groups in total. The van der Waals surface area contributed by atoms with E-state index in [0.717, 1.165) is 30.6 Å². The van der Waals surface area contributed by atoms with Crippen LogP contribution in [0.25, 0.3) is 0 Å². The number of carbonyl (C=O) groups is 1. The number of ether oxygens (including phenoxy) is 1. The molecule has 164 valence electrons. The summed E-state index contributed by atoms with van der Waals surface area (Å²) in [5.41, 5.74) is 0.156. The molecule has 0 unspecified atom stereocenters. The van der Waals surface area contributed by atoms with Crippen LogP contribution in [-0.2, 0) is 4.74 Å². The molecule has 4 fully saturated rings. The third kappa shape index (κ3) is 2.95. The molecule has 1 amide bonds. The predicted octanol–water partition coefficient (Wildman–Crippen LogP) is 5.69. The summed E-state index contributed by atoms with van der Waals surface area (Å²) in [4.78, 5) is 16.3. The van der Waals surface area contributed by atoms with E-state index in [1.807, 2.05) is 23.1 Å². The van der Waals surface area contributed by atoms with Crippen LogP contribution in [0, 0.1) is 22.7 Å². The van der Waals surface area contributed by atoms with Gasteiger partial charge in [0.25, 0.3) is 0 Å². The van der Waals surface area contributed by atoms with Gasteiger partial charge in [-0.2, -0.15) is 0 Å². The largest absolute Gasteiger partial charge is 0.443 e. The second-order valence-electron chi connectivity index (χ2n) is 10.7. The van der Waals surface area contributed by atoms with E-state index in [2.05, 4.69) is 32.9 Å². The van der Waals surface area contributed by atoms with Crippen LogP contribution in [0.1, 0.15) is 65.7 Å². The molecule has 1 aliphatic heterocycles. The van der Waals surface area contributed by atoms with Crippen molar-refractivity contribution < 1.29 is 14.6 Å². The van der Waals surface area contributed by atoms with Crippen LogP contribution in [0.15, 0.2) is 35.2 Å². The average molecular weight is 430 g/mol. The van der Waals surface area contributed by atoms with Gasteiger partial charge in [-0.25, -0.2) is 4.79 Å². The maximum absolute atomic E-state index is 13.3. The fraction of sp³-hybridized carbons (Fsp3) is 0.720. The molecule has 3 aliphatic carbocycles. The number of aliphatic hydroxyl groups excluding tert-OH is 1. The summed E-state index contributed by atoms with van der Waals surface area (Å²) in [5.74, 6) is 0.686. The topological polar surface area (TPSA) is 49.8 Å². The number of hydrogen-bond acceptors (Lipinski definition) is 4. The molecule has 4 aliphatic rings. The van der Waals surface area contributed by atoms with Gasteiger partial charge in [-0.15, -0.1) is 0 Å². The molecule has 0 aromatic heterocycles. The Kier molecular flexibility index (Phi) is 5.13. The van der Waals surface area contributed by atoms with E-state index >= 15 is 0 Å². The summed E-state index contributed by atoms with van der Waals surface area (Å²) >= 11 is 1.64. The lowest BCUT2D eigenvalue weighted by Crippen LogP contribution is -2.52. The molecule has 1 saturated heterocycles. The molecule has 1 aromatic carbocycles. The first kappa shape index (κ1) is 20.7. The Bertz CT molecular complexity index is 793. The minimum absolute atomic E-state index is 0.0184. The summed E-state index contributed by atoms with van der Waals surface area (Å²) in [7, 11) is 0. The molecule has 1 heterocycles. The Morgan fingerprint density at radius 3 is 2.50 bits per heavy atom. The number of amides is 1. The van der Waals surface area contributed by atoms with E-state index < -0.39 is 6.10 Å². The van der Waals surface area contributed by atoms with Gasteiger partial charge in [0.05, 0.1) is 12.1 Å². The smallest absolute Gasteiger partial charge is 0.411 e. The van der Waals surface area contributed by atoms with Crippen molar-refractivity contribution in [1.82, 2.24) is 4.90 Å². The quantitative estimate of drug-likeness (QED) is 0.611. The zero-order chi connectivity index (χ0) is 21.1. The fourth-order valence-corrected chi connectivity index (χ4v) is 8.29. The summed E-state index contributed by atoms with van der Waals surface area (Å²) in [5, 5.41) is 11.3. The summed E-state index contributed by atoms with van der Waals surface area (Å²) < 4.78 is 6.09. The van der Waals surface area contributed by atoms with E-state index in [-0.39, 0.29) is 40.4 Å². The van der Waals surface area contributed by atoms with Gasteiger partial charge < -0.3 is 9.84 Å². The van der Waals surface area contributed by atoms with Crippen LogP contribution in [0.4, 0.5) is 4.79 Å². The molecule has 5 rings (SSSR count). The van der Waals surface area contributed by atoms with Crippen molar-refractivity contribution in [2.24, 2.45) is 22.7 Å². The number of carbonyl (C=O) groups excluding carboxylic acids is 1. The van der Waals surface area contributed by atoms with Crippen LogP contribution < -0.4 is 0 Å². The Balaban J connectivity index is 1.49. The van der Waals surface area contributed by atoms with Gasteiger partial charge >= 0.3 is 6.09 Å². The van der Waals surface area contributed by atoms with Gasteiger partial charge in [0.1, 0.15) is 11.5 Å². The Labute approximate surface area is 184 Å². The monoisotopic (exact) mass is 429 g/mol. The Morgan fingerprint density at radius 1 is 1.10 bits per heavy atom. The summed E-state index contributed by atoms with van der Waals surface area (Å²) in [6, 6.07) is 10.3. The standard InChI is InChI=1S/C25H35NO3S/c1-24(2)18-14-15-25(24,3)21-19(18)26(23(28)29-21)22(30-17-12-8-5-9-13-17)20(27)16-10-6-4-7-11-16/h5,8-9,12-13,16,18-22,27H,4,6-7,10-11,14-15H2,1-3H3/t18-,19-,20+,21-,22-,25+/m1/s1. The van der Waals surface area contributed by atoms with Crippen molar-refractivity contribution in [3.05, 3.63) is 30.3 Å². The van der Waals surface area contributed by atoms with Crippen LogP contribution in [-0.4, -0.2) is 39.7 Å². The van der Waals surface area contributed by atoms with Crippen LogP contribution >= 0.6 is 11.8 Å². The highest BCUT2D eigenvalue weighted by Gasteiger charge is 2.73. The lowest BCUT2D eigenvalue weighted by atomic mass is 9.70. The third-order valence-electron chi connectivity index (χ3n) is 9.18. The molecular formula is C25H35NO3S. The zero-order valence-electron chi connectivity index (χ0n) is 18.4. The predicted molar refractivity (Wildman–Crippen MR) is 119 cm³/mol. The number of nitrogens with zero attached hydrogens (tertiary/aromatic N) is 1. The summed E-state index contributed by atoms with van der Waals surface area (Å²) in [6.45, 7) is 7.02. The van der Waals surface area contributed by atoms with E-state index in [9.17, 15) is 9.90 Å². The lowest BCUT2D eigenvalue weighted by molar-refractivity contribution is 0.0139. The highest BCUT2D eigenvalue weighted by atomic mass is 32.2. The highest BCUT2D eigenvalue weighted by molar-refractivity contribution is 8.00. The Morgan fingerprint density at radius 2 is 1.80 bits per heavy atom. The summed E-state index contributed by atoms with van der Waals surface area (Å²) in [6.07, 6.45) is 7.16. The molecule has 4 nitrogen and oxygen atoms in total. The van der Waals surface area contributed by atoms with Gasteiger partial charge in [-0.05, 0) is 55.1 Å². The molecule has 0 radical (unpaired) electrons. The van der Waals surface area contributed by atoms with Crippen molar-refractivity contribution in [2.45, 2.75) is 94.2 Å². The maximum Gasteiger partial charge on any atom is 0.411 e. The van der Waals surface area contributed by atoms with E-state index in [0.29, 0.717) is 5.92 Å².